The summed E-state index contributed by atoms with van der Waals surface area (Å²) in [5.74, 6) is 0.673. The first-order valence-corrected chi connectivity index (χ1v) is 8.81. The standard InChI is InChI=1S/C17H26N4O2/c1-12-15(20-7-9-23-10-8-20)5-6-21(12)17(22)14-11-19(2)18-16(14)13-3-4-13/h11-13,15H,3-10H2,1-2H3/t12-,15-/m1/s1. The molecule has 0 spiro atoms. The van der Waals surface area contributed by atoms with Gasteiger partial charge in [-0.05, 0) is 26.2 Å². The summed E-state index contributed by atoms with van der Waals surface area (Å²) in [7, 11) is 1.91. The second kappa shape index (κ2) is 5.91. The fourth-order valence-electron chi connectivity index (χ4n) is 4.09. The van der Waals surface area contributed by atoms with Crippen molar-refractivity contribution in [3.8, 4) is 0 Å². The number of carbonyl (C=O) groups excluding carboxylic acids is 1. The molecule has 126 valence electrons. The molecule has 6 nitrogen and oxygen atoms in total. The van der Waals surface area contributed by atoms with Crippen LogP contribution in [0.25, 0.3) is 0 Å². The summed E-state index contributed by atoms with van der Waals surface area (Å²) in [4.78, 5) is 17.6. The van der Waals surface area contributed by atoms with E-state index in [0.29, 0.717) is 12.0 Å². The molecule has 6 heteroatoms. The molecule has 1 saturated carbocycles. The van der Waals surface area contributed by atoms with Gasteiger partial charge in [0, 0.05) is 50.9 Å². The Hall–Kier alpha value is -1.40. The van der Waals surface area contributed by atoms with E-state index in [1.807, 2.05) is 13.2 Å². The zero-order chi connectivity index (χ0) is 16.0. The van der Waals surface area contributed by atoms with Crippen LogP contribution in [0, 0.1) is 0 Å². The van der Waals surface area contributed by atoms with Crippen LogP contribution in [0.4, 0.5) is 0 Å². The fourth-order valence-corrected chi connectivity index (χ4v) is 4.09. The van der Waals surface area contributed by atoms with Crippen molar-refractivity contribution in [2.75, 3.05) is 32.8 Å². The highest BCUT2D eigenvalue weighted by Crippen LogP contribution is 2.41. The number of hydrogen-bond donors (Lipinski definition) is 0. The molecule has 0 aromatic carbocycles. The third-order valence-electron chi connectivity index (χ3n) is 5.54. The number of hydrogen-bond acceptors (Lipinski definition) is 4. The van der Waals surface area contributed by atoms with E-state index < -0.39 is 0 Å². The van der Waals surface area contributed by atoms with Gasteiger partial charge in [0.15, 0.2) is 0 Å². The van der Waals surface area contributed by atoms with Crippen molar-refractivity contribution < 1.29 is 9.53 Å². The third kappa shape index (κ3) is 2.78. The zero-order valence-corrected chi connectivity index (χ0v) is 14.1. The summed E-state index contributed by atoms with van der Waals surface area (Å²) in [5.41, 5.74) is 1.84. The lowest BCUT2D eigenvalue weighted by Crippen LogP contribution is -2.49. The average molecular weight is 318 g/mol. The molecule has 0 N–H and O–H groups in total. The first-order chi connectivity index (χ1) is 11.1. The van der Waals surface area contributed by atoms with Gasteiger partial charge in [-0.1, -0.05) is 0 Å². The monoisotopic (exact) mass is 318 g/mol. The van der Waals surface area contributed by atoms with Crippen LogP contribution >= 0.6 is 0 Å². The van der Waals surface area contributed by atoms with Crippen molar-refractivity contribution in [1.29, 1.82) is 0 Å². The van der Waals surface area contributed by atoms with Gasteiger partial charge in [-0.15, -0.1) is 0 Å². The van der Waals surface area contributed by atoms with Gasteiger partial charge >= 0.3 is 0 Å². The number of rotatable bonds is 3. The Balaban J connectivity index is 1.51. The minimum Gasteiger partial charge on any atom is -0.379 e. The number of likely N-dealkylation sites (tertiary alicyclic amines) is 1. The molecule has 1 aromatic rings. The van der Waals surface area contributed by atoms with Crippen molar-refractivity contribution in [3.63, 3.8) is 0 Å². The molecule has 23 heavy (non-hydrogen) atoms. The Morgan fingerprint density at radius 2 is 1.96 bits per heavy atom. The van der Waals surface area contributed by atoms with Gasteiger partial charge in [0.05, 0.1) is 24.5 Å². The Bertz CT molecular complexity index is 589. The second-order valence-corrected chi connectivity index (χ2v) is 7.12. The summed E-state index contributed by atoms with van der Waals surface area (Å²) in [6.07, 6.45) is 5.31. The molecule has 1 amide bonds. The normalized spacial score (nSPS) is 29.2. The van der Waals surface area contributed by atoms with Crippen LogP contribution in [0.1, 0.15) is 48.2 Å². The van der Waals surface area contributed by atoms with E-state index >= 15 is 0 Å². The van der Waals surface area contributed by atoms with E-state index in [1.165, 1.54) is 12.8 Å². The molecule has 0 unspecified atom stereocenters. The largest absolute Gasteiger partial charge is 0.379 e. The number of morpholine rings is 1. The number of amides is 1. The summed E-state index contributed by atoms with van der Waals surface area (Å²) in [5, 5.41) is 4.54. The summed E-state index contributed by atoms with van der Waals surface area (Å²) in [6, 6.07) is 0.719. The maximum atomic E-state index is 13.1. The second-order valence-electron chi connectivity index (χ2n) is 7.12. The lowest BCUT2D eigenvalue weighted by Gasteiger charge is -2.35. The van der Waals surface area contributed by atoms with Gasteiger partial charge in [-0.25, -0.2) is 0 Å². The molecular formula is C17H26N4O2. The minimum atomic E-state index is 0.170. The highest BCUT2D eigenvalue weighted by molar-refractivity contribution is 5.95. The Morgan fingerprint density at radius 1 is 1.22 bits per heavy atom. The van der Waals surface area contributed by atoms with Crippen LogP contribution in [0.5, 0.6) is 0 Å². The summed E-state index contributed by atoms with van der Waals surface area (Å²) >= 11 is 0. The predicted octanol–water partition coefficient (Wildman–Crippen LogP) is 1.23. The number of ether oxygens (including phenoxy) is 1. The molecule has 0 radical (unpaired) electrons. The number of aromatic nitrogens is 2. The molecule has 0 bridgehead atoms. The summed E-state index contributed by atoms with van der Waals surface area (Å²) in [6.45, 7) is 6.63. The van der Waals surface area contributed by atoms with Crippen LogP contribution in [-0.2, 0) is 11.8 Å². The van der Waals surface area contributed by atoms with E-state index in [4.69, 9.17) is 4.74 Å². The van der Waals surface area contributed by atoms with Gasteiger partial charge < -0.3 is 9.64 Å². The van der Waals surface area contributed by atoms with E-state index in [-0.39, 0.29) is 11.9 Å². The number of aryl methyl sites for hydroxylation is 1. The molecule has 3 fully saturated rings. The Kier molecular flexibility index (Phi) is 3.89. The third-order valence-corrected chi connectivity index (χ3v) is 5.54. The van der Waals surface area contributed by atoms with Crippen LogP contribution in [0.3, 0.4) is 0 Å². The van der Waals surface area contributed by atoms with Crippen molar-refractivity contribution in [2.24, 2.45) is 7.05 Å². The number of nitrogens with zero attached hydrogens (tertiary/aromatic N) is 4. The lowest BCUT2D eigenvalue weighted by atomic mass is 10.1. The highest BCUT2D eigenvalue weighted by Gasteiger charge is 2.40. The fraction of sp³-hybridized carbons (Fsp3) is 0.765. The first kappa shape index (κ1) is 15.1. The predicted molar refractivity (Wildman–Crippen MR) is 86.5 cm³/mol. The molecule has 2 saturated heterocycles. The van der Waals surface area contributed by atoms with E-state index in [9.17, 15) is 4.79 Å². The van der Waals surface area contributed by atoms with Crippen LogP contribution in [0.15, 0.2) is 6.20 Å². The van der Waals surface area contributed by atoms with Crippen LogP contribution in [-0.4, -0.2) is 70.4 Å². The molecule has 3 heterocycles. The minimum absolute atomic E-state index is 0.170. The molecule has 1 aliphatic carbocycles. The Morgan fingerprint density at radius 3 is 2.65 bits per heavy atom. The Labute approximate surface area is 137 Å². The van der Waals surface area contributed by atoms with E-state index in [0.717, 1.165) is 50.5 Å². The molecule has 3 aliphatic rings. The van der Waals surface area contributed by atoms with Crippen molar-refractivity contribution in [2.45, 2.75) is 44.2 Å². The highest BCUT2D eigenvalue weighted by atomic mass is 16.5. The molecule has 4 rings (SSSR count). The topological polar surface area (TPSA) is 50.6 Å². The molecular weight excluding hydrogens is 292 g/mol. The van der Waals surface area contributed by atoms with Crippen molar-refractivity contribution in [3.05, 3.63) is 17.5 Å². The average Bonchev–Trinajstić information content (AvgIpc) is 3.23. The SMILES string of the molecule is C[C@@H]1[C@H](N2CCOCC2)CCN1C(=O)c1cn(C)nc1C1CC1. The van der Waals surface area contributed by atoms with Gasteiger partial charge in [0.25, 0.3) is 5.91 Å². The quantitative estimate of drug-likeness (QED) is 0.841. The molecule has 2 atom stereocenters. The van der Waals surface area contributed by atoms with Gasteiger partial charge in [-0.2, -0.15) is 5.10 Å². The maximum Gasteiger partial charge on any atom is 0.257 e. The van der Waals surface area contributed by atoms with Crippen molar-refractivity contribution in [1.82, 2.24) is 19.6 Å². The van der Waals surface area contributed by atoms with Crippen LogP contribution < -0.4 is 0 Å². The van der Waals surface area contributed by atoms with Gasteiger partial charge in [0.2, 0.25) is 0 Å². The summed E-state index contributed by atoms with van der Waals surface area (Å²) < 4.78 is 7.25. The molecule has 1 aromatic heterocycles. The maximum absolute atomic E-state index is 13.1. The lowest BCUT2D eigenvalue weighted by molar-refractivity contribution is 0.0104. The smallest absolute Gasteiger partial charge is 0.257 e. The van der Waals surface area contributed by atoms with E-state index in [1.54, 1.807) is 4.68 Å². The molecule has 2 aliphatic heterocycles. The van der Waals surface area contributed by atoms with Crippen LogP contribution in [0.2, 0.25) is 0 Å². The van der Waals surface area contributed by atoms with Crippen molar-refractivity contribution >= 4 is 5.91 Å². The van der Waals surface area contributed by atoms with Gasteiger partial charge in [0.1, 0.15) is 0 Å². The van der Waals surface area contributed by atoms with Gasteiger partial charge in [-0.3, -0.25) is 14.4 Å². The number of carbonyl (C=O) groups is 1. The zero-order valence-electron chi connectivity index (χ0n) is 14.1. The van der Waals surface area contributed by atoms with E-state index in [2.05, 4.69) is 21.8 Å². The first-order valence-electron chi connectivity index (χ1n) is 8.81.